The Kier molecular flexibility index (Phi) is 6.36. The van der Waals surface area contributed by atoms with Crippen molar-refractivity contribution < 1.29 is 22.7 Å². The zero-order chi connectivity index (χ0) is 20.3. The van der Waals surface area contributed by atoms with Gasteiger partial charge in [-0.2, -0.15) is 4.31 Å². The van der Waals surface area contributed by atoms with Crippen molar-refractivity contribution in [3.8, 4) is 0 Å². The summed E-state index contributed by atoms with van der Waals surface area (Å²) in [5.41, 5.74) is 1.08. The van der Waals surface area contributed by atoms with E-state index in [1.165, 1.54) is 9.21 Å². The molecule has 2 aliphatic heterocycles. The van der Waals surface area contributed by atoms with Crippen LogP contribution >= 0.6 is 0 Å². The molecule has 0 unspecified atom stereocenters. The molecule has 8 nitrogen and oxygen atoms in total. The van der Waals surface area contributed by atoms with Gasteiger partial charge in [0.05, 0.1) is 31.1 Å². The molecule has 28 heavy (non-hydrogen) atoms. The molecule has 1 aromatic rings. The molecule has 2 atom stereocenters. The molecule has 2 heterocycles. The van der Waals surface area contributed by atoms with Crippen LogP contribution in [0.4, 0.5) is 0 Å². The summed E-state index contributed by atoms with van der Waals surface area (Å²) in [4.78, 5) is 27.9. The minimum atomic E-state index is -3.62. The number of fused-ring (bicyclic) bond motifs is 1. The van der Waals surface area contributed by atoms with Crippen LogP contribution in [0.1, 0.15) is 12.0 Å². The van der Waals surface area contributed by atoms with Crippen molar-refractivity contribution in [2.75, 3.05) is 46.1 Å². The van der Waals surface area contributed by atoms with Crippen molar-refractivity contribution in [1.29, 1.82) is 0 Å². The number of likely N-dealkylation sites (tertiary alicyclic amines) is 1. The van der Waals surface area contributed by atoms with Crippen LogP contribution in [-0.2, 0) is 30.8 Å². The van der Waals surface area contributed by atoms with E-state index in [9.17, 15) is 18.0 Å². The number of hydrogen-bond donors (Lipinski definition) is 0. The first-order valence-electron chi connectivity index (χ1n) is 9.41. The predicted molar refractivity (Wildman–Crippen MR) is 104 cm³/mol. The standard InChI is InChI=1S/C19H27N3O5S/c1-20(2)19(24)14-22-16-12-21(13-17(16)27-10-11-28(22,25)26)18(23)9-8-15-6-4-3-5-7-15/h3-7,16-17H,8-14H2,1-2H3/t16-,17+/m1/s1. The molecular weight excluding hydrogens is 382 g/mol. The van der Waals surface area contributed by atoms with Gasteiger partial charge in [0.15, 0.2) is 0 Å². The van der Waals surface area contributed by atoms with Crippen LogP contribution in [0.2, 0.25) is 0 Å². The van der Waals surface area contributed by atoms with Crippen LogP contribution in [0, 0.1) is 0 Å². The monoisotopic (exact) mass is 409 g/mol. The van der Waals surface area contributed by atoms with Gasteiger partial charge in [0.2, 0.25) is 21.8 Å². The van der Waals surface area contributed by atoms with Crippen LogP contribution < -0.4 is 0 Å². The van der Waals surface area contributed by atoms with Gasteiger partial charge in [-0.15, -0.1) is 0 Å². The summed E-state index contributed by atoms with van der Waals surface area (Å²) >= 11 is 0. The van der Waals surface area contributed by atoms with Crippen LogP contribution in [0.5, 0.6) is 0 Å². The maximum Gasteiger partial charge on any atom is 0.237 e. The summed E-state index contributed by atoms with van der Waals surface area (Å²) in [7, 11) is -0.440. The van der Waals surface area contributed by atoms with Crippen molar-refractivity contribution in [3.05, 3.63) is 35.9 Å². The summed E-state index contributed by atoms with van der Waals surface area (Å²) in [5.74, 6) is -0.474. The molecule has 0 bridgehead atoms. The summed E-state index contributed by atoms with van der Waals surface area (Å²) in [5, 5.41) is 0. The van der Waals surface area contributed by atoms with Crippen LogP contribution in [-0.4, -0.2) is 92.6 Å². The molecule has 2 amide bonds. The molecule has 0 N–H and O–H groups in total. The Morgan fingerprint density at radius 3 is 2.57 bits per heavy atom. The highest BCUT2D eigenvalue weighted by molar-refractivity contribution is 7.89. The first kappa shape index (κ1) is 20.8. The fourth-order valence-corrected chi connectivity index (χ4v) is 5.04. The largest absolute Gasteiger partial charge is 0.374 e. The average Bonchev–Trinajstić information content (AvgIpc) is 3.03. The molecule has 0 aliphatic carbocycles. The molecule has 3 rings (SSSR count). The lowest BCUT2D eigenvalue weighted by Gasteiger charge is -2.28. The molecule has 9 heteroatoms. The van der Waals surface area contributed by atoms with Gasteiger partial charge in [-0.1, -0.05) is 30.3 Å². The minimum Gasteiger partial charge on any atom is -0.374 e. The fourth-order valence-electron chi connectivity index (χ4n) is 3.57. The quantitative estimate of drug-likeness (QED) is 0.681. The van der Waals surface area contributed by atoms with Crippen molar-refractivity contribution in [3.63, 3.8) is 0 Å². The van der Waals surface area contributed by atoms with Gasteiger partial charge in [0.1, 0.15) is 0 Å². The number of carbonyl (C=O) groups excluding carboxylic acids is 2. The number of hydrogen-bond acceptors (Lipinski definition) is 5. The summed E-state index contributed by atoms with van der Waals surface area (Å²) < 4.78 is 32.3. The van der Waals surface area contributed by atoms with Crippen molar-refractivity contribution in [1.82, 2.24) is 14.1 Å². The third-order valence-electron chi connectivity index (χ3n) is 5.25. The molecule has 1 aromatic carbocycles. The average molecular weight is 410 g/mol. The van der Waals surface area contributed by atoms with Crippen LogP contribution in [0.3, 0.4) is 0 Å². The number of carbonyl (C=O) groups is 2. The zero-order valence-corrected chi connectivity index (χ0v) is 17.1. The highest BCUT2D eigenvalue weighted by atomic mass is 32.2. The van der Waals surface area contributed by atoms with Crippen LogP contribution in [0.15, 0.2) is 30.3 Å². The summed E-state index contributed by atoms with van der Waals surface area (Å²) in [6, 6.07) is 9.23. The summed E-state index contributed by atoms with van der Waals surface area (Å²) in [6.45, 7) is 0.437. The van der Waals surface area contributed by atoms with E-state index in [0.29, 0.717) is 19.4 Å². The second-order valence-corrected chi connectivity index (χ2v) is 9.45. The highest BCUT2D eigenvalue weighted by Crippen LogP contribution is 2.26. The van der Waals surface area contributed by atoms with E-state index in [1.807, 2.05) is 30.3 Å². The fraction of sp³-hybridized carbons (Fsp3) is 0.579. The van der Waals surface area contributed by atoms with Gasteiger partial charge in [-0.25, -0.2) is 8.42 Å². The zero-order valence-electron chi connectivity index (χ0n) is 16.3. The van der Waals surface area contributed by atoms with Crippen LogP contribution in [0.25, 0.3) is 0 Å². The molecule has 0 spiro atoms. The number of likely N-dealkylation sites (N-methyl/N-ethyl adjacent to an activating group) is 1. The van der Waals surface area contributed by atoms with E-state index < -0.39 is 22.2 Å². The Morgan fingerprint density at radius 2 is 1.89 bits per heavy atom. The minimum absolute atomic E-state index is 0.0307. The van der Waals surface area contributed by atoms with Gasteiger partial charge in [0.25, 0.3) is 0 Å². The molecule has 0 radical (unpaired) electrons. The van der Waals surface area contributed by atoms with Gasteiger partial charge in [-0.3, -0.25) is 9.59 Å². The molecule has 2 saturated heterocycles. The smallest absolute Gasteiger partial charge is 0.237 e. The second kappa shape index (κ2) is 8.59. The Labute approximate surface area is 166 Å². The molecule has 2 aliphatic rings. The molecule has 154 valence electrons. The third-order valence-corrected chi connectivity index (χ3v) is 7.05. The summed E-state index contributed by atoms with van der Waals surface area (Å²) in [6.07, 6.45) is 0.577. The predicted octanol–water partition coefficient (Wildman–Crippen LogP) is -0.0512. The number of benzene rings is 1. The van der Waals surface area contributed by atoms with Gasteiger partial charge in [-0.05, 0) is 12.0 Å². The number of nitrogens with zero attached hydrogens (tertiary/aromatic N) is 3. The van der Waals surface area contributed by atoms with E-state index in [2.05, 4.69) is 0 Å². The normalized spacial score (nSPS) is 24.4. The van der Waals surface area contributed by atoms with E-state index in [1.54, 1.807) is 19.0 Å². The second-order valence-electron chi connectivity index (χ2n) is 7.41. The first-order valence-corrected chi connectivity index (χ1v) is 11.0. The first-order chi connectivity index (χ1) is 13.3. The van der Waals surface area contributed by atoms with E-state index in [4.69, 9.17) is 4.74 Å². The van der Waals surface area contributed by atoms with Crippen molar-refractivity contribution in [2.45, 2.75) is 25.0 Å². The van der Waals surface area contributed by atoms with Gasteiger partial charge < -0.3 is 14.5 Å². The van der Waals surface area contributed by atoms with E-state index in [-0.39, 0.29) is 37.3 Å². The Morgan fingerprint density at radius 1 is 1.18 bits per heavy atom. The molecule has 0 aromatic heterocycles. The van der Waals surface area contributed by atoms with Crippen molar-refractivity contribution in [2.24, 2.45) is 0 Å². The number of amides is 2. The Balaban J connectivity index is 1.69. The molecule has 0 saturated carbocycles. The van der Waals surface area contributed by atoms with E-state index in [0.717, 1.165) is 5.56 Å². The molecule has 2 fully saturated rings. The van der Waals surface area contributed by atoms with Crippen molar-refractivity contribution >= 4 is 21.8 Å². The SMILES string of the molecule is CN(C)C(=O)CN1[C@@H]2CN(C(=O)CCc3ccccc3)C[C@@H]2OCCS1(=O)=O. The molecular formula is C19H27N3O5S. The van der Waals surface area contributed by atoms with E-state index >= 15 is 0 Å². The topological polar surface area (TPSA) is 87.2 Å². The Bertz CT molecular complexity index is 812. The number of ether oxygens (including phenoxy) is 1. The third kappa shape index (κ3) is 4.71. The maximum absolute atomic E-state index is 12.7. The van der Waals surface area contributed by atoms with Gasteiger partial charge in [0, 0.05) is 33.6 Å². The Hall–Kier alpha value is -1.97. The highest BCUT2D eigenvalue weighted by Gasteiger charge is 2.46. The maximum atomic E-state index is 12.7. The lowest BCUT2D eigenvalue weighted by Crippen LogP contribution is -2.50. The number of sulfonamides is 1. The number of aryl methyl sites for hydroxylation is 1. The lowest BCUT2D eigenvalue weighted by molar-refractivity contribution is -0.130. The van der Waals surface area contributed by atoms with Gasteiger partial charge >= 0.3 is 0 Å². The lowest BCUT2D eigenvalue weighted by atomic mass is 10.1. The number of rotatable bonds is 5.